The highest BCUT2D eigenvalue weighted by Gasteiger charge is 2.58. The van der Waals surface area contributed by atoms with E-state index in [2.05, 4.69) is 15.7 Å². The Hall–Kier alpha value is -4.88. The molecule has 1 fully saturated rings. The molecule has 0 saturated carbocycles. The molecule has 3 aromatic rings. The Bertz CT molecular complexity index is 1690. The minimum absolute atomic E-state index is 0.0836. The molecule has 1 aliphatic carbocycles. The lowest BCUT2D eigenvalue weighted by molar-refractivity contribution is -0.139. The number of alkyl halides is 3. The second-order valence-corrected chi connectivity index (χ2v) is 10.7. The number of halogens is 3. The topological polar surface area (TPSA) is 126 Å². The van der Waals surface area contributed by atoms with E-state index in [4.69, 9.17) is 4.74 Å². The van der Waals surface area contributed by atoms with Gasteiger partial charge in [0.1, 0.15) is 6.54 Å². The van der Waals surface area contributed by atoms with Gasteiger partial charge in [-0.05, 0) is 60.7 Å². The zero-order chi connectivity index (χ0) is 30.7. The molecule has 0 radical (unpaired) electrons. The Morgan fingerprint density at radius 2 is 1.88 bits per heavy atom. The van der Waals surface area contributed by atoms with E-state index < -0.39 is 47.8 Å². The maximum atomic E-state index is 14.2. The summed E-state index contributed by atoms with van der Waals surface area (Å²) in [5.41, 5.74) is -0.203. The van der Waals surface area contributed by atoms with Gasteiger partial charge in [0.2, 0.25) is 11.5 Å². The van der Waals surface area contributed by atoms with Gasteiger partial charge in [-0.25, -0.2) is 14.5 Å². The van der Waals surface area contributed by atoms with Crippen molar-refractivity contribution >= 4 is 35.3 Å². The van der Waals surface area contributed by atoms with Crippen molar-refractivity contribution in [3.8, 4) is 11.3 Å². The molecule has 43 heavy (non-hydrogen) atoms. The number of nitrogens with one attached hydrogen (secondary N) is 2. The zero-order valence-corrected chi connectivity index (χ0v) is 23.2. The summed E-state index contributed by atoms with van der Waals surface area (Å²) in [5.74, 6) is -1.42. The van der Waals surface area contributed by atoms with Crippen molar-refractivity contribution in [1.29, 1.82) is 0 Å². The third-order valence-electron chi connectivity index (χ3n) is 8.07. The van der Waals surface area contributed by atoms with E-state index >= 15 is 0 Å². The van der Waals surface area contributed by atoms with Crippen LogP contribution in [0.2, 0.25) is 0 Å². The molecule has 5 amide bonds. The van der Waals surface area contributed by atoms with Crippen molar-refractivity contribution in [3.63, 3.8) is 0 Å². The fourth-order valence-corrected chi connectivity index (χ4v) is 6.04. The lowest BCUT2D eigenvalue weighted by Gasteiger charge is -2.32. The average Bonchev–Trinajstić information content (AvgIpc) is 3.63. The molecule has 1 atom stereocenters. The Morgan fingerprint density at radius 3 is 2.58 bits per heavy atom. The largest absolute Gasteiger partial charge is 0.427 e. The molecule has 0 unspecified atom stereocenters. The molecular weight excluding hydrogens is 569 g/mol. The monoisotopic (exact) mass is 596 g/mol. The number of urea groups is 1. The highest BCUT2D eigenvalue weighted by molar-refractivity contribution is 6.08. The fourth-order valence-electron chi connectivity index (χ4n) is 6.04. The first-order valence-corrected chi connectivity index (χ1v) is 13.6. The lowest BCUT2D eigenvalue weighted by atomic mass is 9.93. The van der Waals surface area contributed by atoms with E-state index in [1.807, 2.05) is 0 Å². The highest BCUT2D eigenvalue weighted by atomic mass is 19.4. The predicted octanol–water partition coefficient (Wildman–Crippen LogP) is 3.96. The Labute approximate surface area is 243 Å². The number of imide groups is 1. The van der Waals surface area contributed by atoms with Gasteiger partial charge < -0.3 is 20.3 Å². The van der Waals surface area contributed by atoms with Gasteiger partial charge in [-0.2, -0.15) is 18.3 Å². The molecule has 0 bridgehead atoms. The van der Waals surface area contributed by atoms with Gasteiger partial charge in [-0.3, -0.25) is 14.3 Å². The molecule has 1 aromatic heterocycles. The molecule has 14 heteroatoms. The van der Waals surface area contributed by atoms with Gasteiger partial charge in [0.05, 0.1) is 11.3 Å². The normalized spacial score (nSPS) is 19.4. The van der Waals surface area contributed by atoms with E-state index in [-0.39, 0.29) is 29.9 Å². The molecule has 2 aliphatic heterocycles. The maximum absolute atomic E-state index is 14.2. The van der Waals surface area contributed by atoms with Crippen molar-refractivity contribution in [3.05, 3.63) is 64.8 Å². The van der Waals surface area contributed by atoms with Crippen LogP contribution in [0.15, 0.2) is 42.6 Å². The van der Waals surface area contributed by atoms with Crippen LogP contribution in [0.4, 0.5) is 34.1 Å². The van der Waals surface area contributed by atoms with Crippen LogP contribution in [0, 0.1) is 0 Å². The van der Waals surface area contributed by atoms with E-state index in [1.54, 1.807) is 31.4 Å². The molecule has 3 heterocycles. The number of rotatable bonds is 4. The summed E-state index contributed by atoms with van der Waals surface area (Å²) in [4.78, 5) is 53.7. The summed E-state index contributed by atoms with van der Waals surface area (Å²) in [7, 11) is 3.08. The van der Waals surface area contributed by atoms with Crippen LogP contribution >= 0.6 is 0 Å². The average molecular weight is 597 g/mol. The van der Waals surface area contributed by atoms with Crippen LogP contribution < -0.4 is 15.5 Å². The third-order valence-corrected chi connectivity index (χ3v) is 8.07. The minimum Gasteiger partial charge on any atom is -0.427 e. The molecule has 2 N–H and O–H groups in total. The number of aryl methyl sites for hydroxylation is 3. The summed E-state index contributed by atoms with van der Waals surface area (Å²) >= 11 is 0. The van der Waals surface area contributed by atoms with Crippen molar-refractivity contribution in [1.82, 2.24) is 20.0 Å². The third kappa shape index (κ3) is 4.76. The maximum Gasteiger partial charge on any atom is 0.418 e. The molecule has 2 aromatic carbocycles. The van der Waals surface area contributed by atoms with Crippen LogP contribution in [0.3, 0.4) is 0 Å². The SMILES string of the molecule is CNC(=O)Nc1ccc2c(c1)CC[C@@]21OC(=O)N(CC(=O)N2CCCc3cc(-c4ccn(C)n4)c(C(F)(F)F)cc32)C1=O. The van der Waals surface area contributed by atoms with Crippen LogP contribution in [0.25, 0.3) is 11.3 Å². The van der Waals surface area contributed by atoms with Crippen LogP contribution in [-0.4, -0.2) is 58.8 Å². The van der Waals surface area contributed by atoms with Gasteiger partial charge in [-0.1, -0.05) is 6.07 Å². The predicted molar refractivity (Wildman–Crippen MR) is 147 cm³/mol. The summed E-state index contributed by atoms with van der Waals surface area (Å²) in [6.07, 6.45) is -2.71. The second-order valence-electron chi connectivity index (χ2n) is 10.7. The van der Waals surface area contributed by atoms with Gasteiger partial charge >= 0.3 is 18.3 Å². The smallest absolute Gasteiger partial charge is 0.418 e. The zero-order valence-electron chi connectivity index (χ0n) is 23.2. The van der Waals surface area contributed by atoms with Crippen molar-refractivity contribution in [2.75, 3.05) is 30.4 Å². The first-order chi connectivity index (χ1) is 20.4. The number of aromatic nitrogens is 2. The van der Waals surface area contributed by atoms with Gasteiger partial charge in [0.15, 0.2) is 0 Å². The lowest BCUT2D eigenvalue weighted by Crippen LogP contribution is -2.46. The quantitative estimate of drug-likeness (QED) is 0.470. The standard InChI is InChI=1S/C29H27F3N6O5/c1-33-26(41)34-18-5-6-20-16(12-18)7-9-28(20)25(40)38(27(42)43-28)15-24(39)37-10-3-4-17-13-19(22-8-11-36(2)35-22)21(14-23(17)37)29(30,31)32/h5-6,8,11-14H,3-4,7,9-10,15H2,1-2H3,(H2,33,34,41)/t28-/m1/s1. The molecule has 6 rings (SSSR count). The number of hydrogen-bond acceptors (Lipinski definition) is 6. The molecule has 224 valence electrons. The number of anilines is 2. The molecule has 3 aliphatic rings. The Morgan fingerprint density at radius 1 is 1.09 bits per heavy atom. The second kappa shape index (κ2) is 10.1. The van der Waals surface area contributed by atoms with Crippen LogP contribution in [-0.2, 0) is 46.0 Å². The summed E-state index contributed by atoms with van der Waals surface area (Å²) in [6.45, 7) is -0.563. The number of amides is 5. The van der Waals surface area contributed by atoms with Crippen LogP contribution in [0.1, 0.15) is 35.1 Å². The van der Waals surface area contributed by atoms with E-state index in [0.717, 1.165) is 11.0 Å². The highest BCUT2D eigenvalue weighted by Crippen LogP contribution is 2.46. The minimum atomic E-state index is -4.72. The summed E-state index contributed by atoms with van der Waals surface area (Å²) in [6, 6.07) is 8.29. The molecule has 1 saturated heterocycles. The number of carbonyl (C=O) groups excluding carboxylic acids is 4. The number of benzene rings is 2. The van der Waals surface area contributed by atoms with Crippen molar-refractivity contribution < 1.29 is 37.1 Å². The fraction of sp³-hybridized carbons (Fsp3) is 0.345. The molecule has 1 spiro atoms. The number of carbonyl (C=O) groups is 4. The van der Waals surface area contributed by atoms with Crippen molar-refractivity contribution in [2.45, 2.75) is 37.5 Å². The first-order valence-electron chi connectivity index (χ1n) is 13.6. The van der Waals surface area contributed by atoms with E-state index in [1.165, 1.54) is 28.8 Å². The molecule has 11 nitrogen and oxygen atoms in total. The van der Waals surface area contributed by atoms with E-state index in [9.17, 15) is 32.3 Å². The summed E-state index contributed by atoms with van der Waals surface area (Å²) < 4.78 is 49.6. The number of ether oxygens (including phenoxy) is 1. The first kappa shape index (κ1) is 28.2. The van der Waals surface area contributed by atoms with Gasteiger partial charge in [0.25, 0.3) is 5.91 Å². The van der Waals surface area contributed by atoms with E-state index in [0.29, 0.717) is 41.6 Å². The van der Waals surface area contributed by atoms with Gasteiger partial charge in [-0.15, -0.1) is 0 Å². The number of fused-ring (bicyclic) bond motifs is 3. The van der Waals surface area contributed by atoms with Gasteiger partial charge in [0, 0.05) is 55.8 Å². The Balaban J connectivity index is 1.27. The molecular formula is C29H27F3N6O5. The number of hydrogen-bond donors (Lipinski definition) is 2. The number of nitrogens with zero attached hydrogens (tertiary/aromatic N) is 4. The van der Waals surface area contributed by atoms with Crippen molar-refractivity contribution in [2.24, 2.45) is 7.05 Å². The Kier molecular flexibility index (Phi) is 6.66. The van der Waals surface area contributed by atoms with Crippen LogP contribution in [0.5, 0.6) is 0 Å². The summed E-state index contributed by atoms with van der Waals surface area (Å²) in [5, 5.41) is 9.23.